The summed E-state index contributed by atoms with van der Waals surface area (Å²) in [5.41, 5.74) is 1.39. The molecule has 6 heteroatoms. The fraction of sp³-hybridized carbons (Fsp3) is 0.500. The summed E-state index contributed by atoms with van der Waals surface area (Å²) in [5, 5.41) is 4.58. The zero-order chi connectivity index (χ0) is 13.1. The molecule has 0 unspecified atom stereocenters. The minimum absolute atomic E-state index is 0.195. The number of amides is 1. The van der Waals surface area contributed by atoms with Crippen molar-refractivity contribution in [3.8, 4) is 0 Å². The van der Waals surface area contributed by atoms with Gasteiger partial charge in [-0.1, -0.05) is 0 Å². The van der Waals surface area contributed by atoms with E-state index in [9.17, 15) is 9.59 Å². The third-order valence-corrected chi connectivity index (χ3v) is 3.89. The third kappa shape index (κ3) is 2.54. The summed E-state index contributed by atoms with van der Waals surface area (Å²) in [6.07, 6.45) is 1.21. The molecule has 1 atom stereocenters. The Bertz CT molecular complexity index is 463. The van der Waals surface area contributed by atoms with Crippen LogP contribution in [0.2, 0.25) is 0 Å². The van der Waals surface area contributed by atoms with Gasteiger partial charge >= 0.3 is 5.97 Å². The molecule has 1 aromatic heterocycles. The third-order valence-electron chi connectivity index (χ3n) is 2.82. The Balaban J connectivity index is 2.15. The second kappa shape index (κ2) is 5.49. The number of thiophene rings is 1. The van der Waals surface area contributed by atoms with Crippen molar-refractivity contribution in [1.82, 2.24) is 0 Å². The number of rotatable bonds is 3. The predicted octanol–water partition coefficient (Wildman–Crippen LogP) is 1.96. The maximum absolute atomic E-state index is 11.9. The van der Waals surface area contributed by atoms with Gasteiger partial charge in [0.2, 0.25) is 0 Å². The van der Waals surface area contributed by atoms with Gasteiger partial charge in [-0.3, -0.25) is 4.79 Å². The van der Waals surface area contributed by atoms with Gasteiger partial charge in [-0.25, -0.2) is 4.79 Å². The van der Waals surface area contributed by atoms with Crippen molar-refractivity contribution < 1.29 is 19.1 Å². The zero-order valence-corrected chi connectivity index (χ0v) is 11.1. The van der Waals surface area contributed by atoms with Crippen LogP contribution in [0.15, 0.2) is 5.38 Å². The molecule has 1 amide bonds. The van der Waals surface area contributed by atoms with Crippen molar-refractivity contribution in [3.63, 3.8) is 0 Å². The molecule has 1 saturated heterocycles. The van der Waals surface area contributed by atoms with Crippen LogP contribution in [0.5, 0.6) is 0 Å². The molecular weight excluding hydrogens is 254 g/mol. The molecule has 2 heterocycles. The number of nitrogens with one attached hydrogen (secondary N) is 1. The lowest BCUT2D eigenvalue weighted by Gasteiger charge is -2.11. The SMILES string of the molecule is COC(=O)c1scc(C)c1NC(=O)[C@@H]1CCCO1. The first kappa shape index (κ1) is 13.0. The number of carbonyl (C=O) groups is 2. The summed E-state index contributed by atoms with van der Waals surface area (Å²) in [4.78, 5) is 23.9. The number of hydrogen-bond acceptors (Lipinski definition) is 5. The Hall–Kier alpha value is -1.40. The molecule has 0 bridgehead atoms. The maximum Gasteiger partial charge on any atom is 0.350 e. The van der Waals surface area contributed by atoms with E-state index in [1.54, 1.807) is 0 Å². The number of anilines is 1. The summed E-state index contributed by atoms with van der Waals surface area (Å²) in [6.45, 7) is 2.46. The lowest BCUT2D eigenvalue weighted by atomic mass is 10.2. The molecule has 0 spiro atoms. The molecule has 98 valence electrons. The van der Waals surface area contributed by atoms with E-state index >= 15 is 0 Å². The van der Waals surface area contributed by atoms with Gasteiger partial charge in [0.05, 0.1) is 12.8 Å². The second-order valence-corrected chi connectivity index (χ2v) is 4.98. The highest BCUT2D eigenvalue weighted by Gasteiger charge is 2.26. The predicted molar refractivity (Wildman–Crippen MR) is 68.0 cm³/mol. The standard InChI is InChI=1S/C12H15NO4S/c1-7-6-18-10(12(15)16-2)9(7)13-11(14)8-4-3-5-17-8/h6,8H,3-5H2,1-2H3,(H,13,14)/t8-/m0/s1. The fourth-order valence-corrected chi connectivity index (χ4v) is 2.75. The number of carbonyl (C=O) groups excluding carboxylic acids is 2. The zero-order valence-electron chi connectivity index (χ0n) is 10.3. The van der Waals surface area contributed by atoms with E-state index < -0.39 is 12.1 Å². The van der Waals surface area contributed by atoms with Crippen molar-refractivity contribution in [2.45, 2.75) is 25.9 Å². The van der Waals surface area contributed by atoms with E-state index in [1.807, 2.05) is 12.3 Å². The molecule has 0 saturated carbocycles. The van der Waals surface area contributed by atoms with E-state index in [1.165, 1.54) is 18.4 Å². The second-order valence-electron chi connectivity index (χ2n) is 4.11. The van der Waals surface area contributed by atoms with Gasteiger partial charge in [-0.05, 0) is 30.7 Å². The molecule has 1 N–H and O–H groups in total. The van der Waals surface area contributed by atoms with Crippen LogP contribution in [0.3, 0.4) is 0 Å². The average molecular weight is 269 g/mol. The number of esters is 1. The lowest BCUT2D eigenvalue weighted by molar-refractivity contribution is -0.124. The summed E-state index contributed by atoms with van der Waals surface area (Å²) < 4.78 is 9.99. The number of methoxy groups -OCH3 is 1. The van der Waals surface area contributed by atoms with Crippen LogP contribution in [-0.4, -0.2) is 31.7 Å². The Kier molecular flexibility index (Phi) is 3.98. The first-order chi connectivity index (χ1) is 8.63. The molecule has 5 nitrogen and oxygen atoms in total. The van der Waals surface area contributed by atoms with E-state index in [4.69, 9.17) is 4.74 Å². The number of ether oxygens (including phenoxy) is 2. The minimum Gasteiger partial charge on any atom is -0.465 e. The smallest absolute Gasteiger partial charge is 0.350 e. The van der Waals surface area contributed by atoms with Gasteiger partial charge in [-0.15, -0.1) is 11.3 Å². The Morgan fingerprint density at radius 3 is 2.94 bits per heavy atom. The first-order valence-corrected chi connectivity index (χ1v) is 6.60. The summed E-state index contributed by atoms with van der Waals surface area (Å²) in [5.74, 6) is -0.630. The Labute approximate surface area is 109 Å². The molecule has 1 fully saturated rings. The lowest BCUT2D eigenvalue weighted by Crippen LogP contribution is -2.27. The van der Waals surface area contributed by atoms with E-state index in [0.717, 1.165) is 18.4 Å². The molecule has 1 aliphatic rings. The van der Waals surface area contributed by atoms with Crippen molar-refractivity contribution in [2.75, 3.05) is 19.0 Å². The van der Waals surface area contributed by atoms with Gasteiger partial charge in [0, 0.05) is 6.61 Å². The van der Waals surface area contributed by atoms with Crippen molar-refractivity contribution in [3.05, 3.63) is 15.8 Å². The highest BCUT2D eigenvalue weighted by Crippen LogP contribution is 2.29. The largest absolute Gasteiger partial charge is 0.465 e. The topological polar surface area (TPSA) is 64.6 Å². The van der Waals surface area contributed by atoms with Crippen LogP contribution in [0.1, 0.15) is 28.1 Å². The fourth-order valence-electron chi connectivity index (χ4n) is 1.83. The minimum atomic E-state index is -0.434. The van der Waals surface area contributed by atoms with Gasteiger partial charge in [0.15, 0.2) is 0 Å². The normalized spacial score (nSPS) is 18.7. The van der Waals surface area contributed by atoms with E-state index in [0.29, 0.717) is 17.2 Å². The molecular formula is C12H15NO4S. The highest BCUT2D eigenvalue weighted by molar-refractivity contribution is 7.12. The Morgan fingerprint density at radius 1 is 1.56 bits per heavy atom. The molecule has 0 aliphatic carbocycles. The van der Waals surface area contributed by atoms with Crippen LogP contribution in [0.4, 0.5) is 5.69 Å². The number of hydrogen-bond donors (Lipinski definition) is 1. The van der Waals surface area contributed by atoms with Crippen LogP contribution in [0.25, 0.3) is 0 Å². The number of aryl methyl sites for hydroxylation is 1. The summed E-state index contributed by atoms with van der Waals surface area (Å²) in [6, 6.07) is 0. The highest BCUT2D eigenvalue weighted by atomic mass is 32.1. The molecule has 1 aromatic rings. The van der Waals surface area contributed by atoms with Gasteiger partial charge in [0.1, 0.15) is 11.0 Å². The first-order valence-electron chi connectivity index (χ1n) is 5.72. The van der Waals surface area contributed by atoms with Crippen LogP contribution in [-0.2, 0) is 14.3 Å². The van der Waals surface area contributed by atoms with E-state index in [-0.39, 0.29) is 5.91 Å². The summed E-state index contributed by atoms with van der Waals surface area (Å²) in [7, 11) is 1.32. The molecule has 1 aliphatic heterocycles. The molecule has 2 rings (SSSR count). The molecule has 18 heavy (non-hydrogen) atoms. The van der Waals surface area contributed by atoms with Crippen molar-refractivity contribution in [1.29, 1.82) is 0 Å². The Morgan fingerprint density at radius 2 is 2.33 bits per heavy atom. The van der Waals surface area contributed by atoms with Crippen LogP contribution >= 0.6 is 11.3 Å². The van der Waals surface area contributed by atoms with Crippen LogP contribution < -0.4 is 5.32 Å². The van der Waals surface area contributed by atoms with Crippen LogP contribution in [0, 0.1) is 6.92 Å². The quantitative estimate of drug-likeness (QED) is 0.852. The summed E-state index contributed by atoms with van der Waals surface area (Å²) >= 11 is 1.26. The van der Waals surface area contributed by atoms with E-state index in [2.05, 4.69) is 10.1 Å². The molecule has 0 aromatic carbocycles. The monoisotopic (exact) mass is 269 g/mol. The average Bonchev–Trinajstić information content (AvgIpc) is 2.99. The van der Waals surface area contributed by atoms with Gasteiger partial charge in [0.25, 0.3) is 5.91 Å². The maximum atomic E-state index is 11.9. The molecule has 0 radical (unpaired) electrons. The van der Waals surface area contributed by atoms with Gasteiger partial charge in [-0.2, -0.15) is 0 Å². The van der Waals surface area contributed by atoms with Crippen molar-refractivity contribution >= 4 is 28.9 Å². The van der Waals surface area contributed by atoms with Crippen molar-refractivity contribution in [2.24, 2.45) is 0 Å². The van der Waals surface area contributed by atoms with Gasteiger partial charge < -0.3 is 14.8 Å².